The van der Waals surface area contributed by atoms with E-state index in [9.17, 15) is 14.7 Å². The average Bonchev–Trinajstić information content (AvgIpc) is 2.73. The Kier molecular flexibility index (Phi) is 4.06. The molecule has 0 bridgehead atoms. The summed E-state index contributed by atoms with van der Waals surface area (Å²) in [5.74, 6) is -0.276. The highest BCUT2D eigenvalue weighted by molar-refractivity contribution is 8.00. The van der Waals surface area contributed by atoms with Crippen LogP contribution < -0.4 is 5.69 Å². The number of rotatable bonds is 4. The van der Waals surface area contributed by atoms with Crippen molar-refractivity contribution >= 4 is 23.3 Å². The molecule has 0 aromatic carbocycles. The number of hydrogen-bond donors (Lipinski definition) is 1. The predicted octanol–water partition coefficient (Wildman–Crippen LogP) is 0.639. The van der Waals surface area contributed by atoms with Gasteiger partial charge in [-0.25, -0.2) is 9.20 Å². The van der Waals surface area contributed by atoms with Gasteiger partial charge in [0.2, 0.25) is 0 Å². The molecule has 7 heteroatoms. The average molecular weight is 281 g/mol. The Labute approximate surface area is 114 Å². The minimum absolute atomic E-state index is 0.0725. The lowest BCUT2D eigenvalue weighted by atomic mass is 10.3. The van der Waals surface area contributed by atoms with Crippen LogP contribution in [0.3, 0.4) is 0 Å². The van der Waals surface area contributed by atoms with Crippen LogP contribution in [0.15, 0.2) is 29.2 Å². The highest BCUT2D eigenvalue weighted by atomic mass is 32.2. The van der Waals surface area contributed by atoms with E-state index in [1.807, 2.05) is 6.92 Å². The Morgan fingerprint density at radius 2 is 2.21 bits per heavy atom. The molecule has 0 aliphatic carbocycles. The number of carbonyl (C=O) groups excluding carboxylic acids is 1. The fourth-order valence-electron chi connectivity index (χ4n) is 1.49. The molecule has 2 aromatic heterocycles. The maximum absolute atomic E-state index is 11.9. The summed E-state index contributed by atoms with van der Waals surface area (Å²) in [5.41, 5.74) is -0.0275. The fraction of sp³-hybridized carbons (Fsp3) is 0.417. The van der Waals surface area contributed by atoms with Crippen LogP contribution in [0, 0.1) is 0 Å². The van der Waals surface area contributed by atoms with Gasteiger partial charge >= 0.3 is 5.69 Å². The van der Waals surface area contributed by atoms with E-state index >= 15 is 0 Å². The molecule has 2 aromatic rings. The number of aromatic nitrogens is 3. The summed E-state index contributed by atoms with van der Waals surface area (Å²) >= 11 is 1.30. The van der Waals surface area contributed by atoms with Crippen LogP contribution in [0.5, 0.6) is 0 Å². The van der Waals surface area contributed by atoms with Crippen molar-refractivity contribution < 1.29 is 9.90 Å². The van der Waals surface area contributed by atoms with E-state index in [2.05, 4.69) is 5.10 Å². The summed E-state index contributed by atoms with van der Waals surface area (Å²) in [6.07, 6.45) is 1.07. The van der Waals surface area contributed by atoms with E-state index in [-0.39, 0.29) is 16.9 Å². The van der Waals surface area contributed by atoms with Crippen molar-refractivity contribution in [2.24, 2.45) is 0 Å². The first-order valence-electron chi connectivity index (χ1n) is 5.90. The summed E-state index contributed by atoms with van der Waals surface area (Å²) in [6.45, 7) is 3.49. The van der Waals surface area contributed by atoms with Gasteiger partial charge in [0.25, 0.3) is 5.91 Å². The highest BCUT2D eigenvalue weighted by Gasteiger charge is 2.16. The SMILES string of the molecule is CC(O)C(C)SCC(=O)n1nc2ccccn2c1=O. The number of thioether (sulfide) groups is 1. The van der Waals surface area contributed by atoms with Crippen LogP contribution in [-0.2, 0) is 0 Å². The van der Waals surface area contributed by atoms with Crippen LogP contribution in [0.25, 0.3) is 5.65 Å². The normalized spacial score (nSPS) is 14.5. The van der Waals surface area contributed by atoms with Crippen molar-refractivity contribution in [3.05, 3.63) is 34.9 Å². The summed E-state index contributed by atoms with van der Waals surface area (Å²) < 4.78 is 2.19. The molecule has 0 aliphatic rings. The molecule has 102 valence electrons. The first-order valence-corrected chi connectivity index (χ1v) is 6.95. The third kappa shape index (κ3) is 2.87. The molecule has 0 saturated heterocycles. The lowest BCUT2D eigenvalue weighted by Gasteiger charge is -2.12. The van der Waals surface area contributed by atoms with Gasteiger partial charge in [0.05, 0.1) is 11.9 Å². The van der Waals surface area contributed by atoms with Gasteiger partial charge in [0.1, 0.15) is 0 Å². The first kappa shape index (κ1) is 13.8. The van der Waals surface area contributed by atoms with E-state index in [0.717, 1.165) is 4.68 Å². The Balaban J connectivity index is 2.18. The highest BCUT2D eigenvalue weighted by Crippen LogP contribution is 2.14. The van der Waals surface area contributed by atoms with Crippen molar-refractivity contribution in [1.29, 1.82) is 0 Å². The molecule has 0 spiro atoms. The van der Waals surface area contributed by atoms with Crippen LogP contribution in [0.1, 0.15) is 18.6 Å². The molecule has 6 nitrogen and oxygen atoms in total. The van der Waals surface area contributed by atoms with E-state index in [4.69, 9.17) is 0 Å². The smallest absolute Gasteiger partial charge is 0.357 e. The first-order chi connectivity index (χ1) is 9.00. The largest absolute Gasteiger partial charge is 0.392 e. The second kappa shape index (κ2) is 5.58. The summed E-state index contributed by atoms with van der Waals surface area (Å²) in [5, 5.41) is 13.3. The monoisotopic (exact) mass is 281 g/mol. The lowest BCUT2D eigenvalue weighted by Crippen LogP contribution is -2.29. The van der Waals surface area contributed by atoms with E-state index in [0.29, 0.717) is 5.65 Å². The minimum Gasteiger partial charge on any atom is -0.392 e. The molecule has 2 atom stereocenters. The molecular formula is C12H15N3O3S. The van der Waals surface area contributed by atoms with Crippen molar-refractivity contribution in [2.45, 2.75) is 25.2 Å². The Morgan fingerprint density at radius 1 is 1.47 bits per heavy atom. The number of aliphatic hydroxyl groups is 1. The summed E-state index contributed by atoms with van der Waals surface area (Å²) in [4.78, 5) is 23.9. The molecule has 0 aliphatic heterocycles. The number of pyridine rings is 1. The minimum atomic E-state index is -0.504. The molecule has 2 unspecified atom stereocenters. The standard InChI is InChI=1S/C12H15N3O3S/c1-8(16)9(2)19-7-11(17)15-12(18)14-6-4-3-5-10(14)13-15/h3-6,8-9,16H,7H2,1-2H3. The molecule has 0 saturated carbocycles. The zero-order valence-electron chi connectivity index (χ0n) is 10.7. The summed E-state index contributed by atoms with van der Waals surface area (Å²) in [6, 6.07) is 5.12. The van der Waals surface area contributed by atoms with Crippen LogP contribution >= 0.6 is 11.8 Å². The second-order valence-corrected chi connectivity index (χ2v) is 5.64. The predicted molar refractivity (Wildman–Crippen MR) is 73.7 cm³/mol. The van der Waals surface area contributed by atoms with Gasteiger partial charge in [-0.15, -0.1) is 21.5 Å². The van der Waals surface area contributed by atoms with Gasteiger partial charge in [-0.05, 0) is 19.1 Å². The third-order valence-electron chi connectivity index (χ3n) is 2.81. The number of nitrogens with zero attached hydrogens (tertiary/aromatic N) is 3. The van der Waals surface area contributed by atoms with Gasteiger partial charge in [0.15, 0.2) is 5.65 Å². The van der Waals surface area contributed by atoms with Crippen molar-refractivity contribution in [3.63, 3.8) is 0 Å². The zero-order valence-corrected chi connectivity index (χ0v) is 11.5. The molecule has 2 rings (SSSR count). The van der Waals surface area contributed by atoms with E-state index in [1.165, 1.54) is 16.2 Å². The van der Waals surface area contributed by atoms with Gasteiger partial charge in [-0.3, -0.25) is 4.79 Å². The fourth-order valence-corrected chi connectivity index (χ4v) is 2.30. The van der Waals surface area contributed by atoms with Crippen molar-refractivity contribution in [3.8, 4) is 0 Å². The topological polar surface area (TPSA) is 76.6 Å². The summed E-state index contributed by atoms with van der Waals surface area (Å²) in [7, 11) is 0. The molecular weight excluding hydrogens is 266 g/mol. The van der Waals surface area contributed by atoms with Gasteiger partial charge < -0.3 is 5.11 Å². The number of hydrogen-bond acceptors (Lipinski definition) is 5. The second-order valence-electron chi connectivity index (χ2n) is 4.27. The van der Waals surface area contributed by atoms with Crippen LogP contribution in [0.2, 0.25) is 0 Å². The Bertz CT molecular complexity index is 647. The van der Waals surface area contributed by atoms with E-state index in [1.54, 1.807) is 31.3 Å². The molecule has 19 heavy (non-hydrogen) atoms. The molecule has 2 heterocycles. The number of fused-ring (bicyclic) bond motifs is 1. The number of aliphatic hydroxyl groups excluding tert-OH is 1. The maximum atomic E-state index is 11.9. The third-order valence-corrected chi connectivity index (χ3v) is 4.15. The van der Waals surface area contributed by atoms with Gasteiger partial charge in [-0.2, -0.15) is 0 Å². The quantitative estimate of drug-likeness (QED) is 0.890. The lowest BCUT2D eigenvalue weighted by molar-refractivity contribution is 0.0922. The molecule has 0 amide bonds. The van der Waals surface area contributed by atoms with Gasteiger partial charge in [-0.1, -0.05) is 13.0 Å². The Hall–Kier alpha value is -1.60. The molecule has 1 N–H and O–H groups in total. The van der Waals surface area contributed by atoms with Gasteiger partial charge in [0, 0.05) is 11.4 Å². The molecule has 0 fully saturated rings. The van der Waals surface area contributed by atoms with Crippen LogP contribution in [-0.4, -0.2) is 42.3 Å². The van der Waals surface area contributed by atoms with Crippen LogP contribution in [0.4, 0.5) is 0 Å². The Morgan fingerprint density at radius 3 is 2.84 bits per heavy atom. The van der Waals surface area contributed by atoms with Crippen molar-refractivity contribution in [2.75, 3.05) is 5.75 Å². The molecule has 0 radical (unpaired) electrons. The van der Waals surface area contributed by atoms with Crippen molar-refractivity contribution in [1.82, 2.24) is 14.2 Å². The van der Waals surface area contributed by atoms with E-state index < -0.39 is 11.8 Å². The maximum Gasteiger partial charge on any atom is 0.357 e. The number of carbonyl (C=O) groups is 1. The zero-order chi connectivity index (χ0) is 14.0.